The summed E-state index contributed by atoms with van der Waals surface area (Å²) in [5, 5.41) is 14.3. The summed E-state index contributed by atoms with van der Waals surface area (Å²) in [7, 11) is 1.69. The Hall–Kier alpha value is -1.06. The van der Waals surface area contributed by atoms with Crippen molar-refractivity contribution in [2.24, 2.45) is 0 Å². The summed E-state index contributed by atoms with van der Waals surface area (Å²) in [4.78, 5) is 0. The van der Waals surface area contributed by atoms with Gasteiger partial charge in [-0.3, -0.25) is 0 Å². The fourth-order valence-electron chi connectivity index (χ4n) is 2.85. The van der Waals surface area contributed by atoms with Crippen molar-refractivity contribution in [3.8, 4) is 5.75 Å². The molecule has 3 nitrogen and oxygen atoms in total. The Kier molecular flexibility index (Phi) is 3.04. The van der Waals surface area contributed by atoms with Crippen molar-refractivity contribution in [2.75, 3.05) is 13.7 Å². The molecule has 0 heterocycles. The maximum absolute atomic E-state index is 10.9. The predicted molar refractivity (Wildman–Crippen MR) is 70.9 cm³/mol. The zero-order valence-electron chi connectivity index (χ0n) is 10.9. The van der Waals surface area contributed by atoms with Gasteiger partial charge in [-0.1, -0.05) is 6.07 Å². The molecule has 0 aliphatic heterocycles. The normalized spacial score (nSPS) is 26.8. The number of fused-ring (bicyclic) bond motifs is 1. The van der Waals surface area contributed by atoms with Crippen molar-refractivity contribution in [3.63, 3.8) is 0 Å². The lowest BCUT2D eigenvalue weighted by Gasteiger charge is -2.35. The van der Waals surface area contributed by atoms with Gasteiger partial charge in [0.1, 0.15) is 11.4 Å². The van der Waals surface area contributed by atoms with Crippen molar-refractivity contribution >= 4 is 0 Å². The first-order valence-corrected chi connectivity index (χ1v) is 6.84. The summed E-state index contributed by atoms with van der Waals surface area (Å²) in [5.41, 5.74) is 1.63. The average Bonchev–Trinajstić information content (AvgIpc) is 3.20. The van der Waals surface area contributed by atoms with Crippen molar-refractivity contribution in [1.29, 1.82) is 0 Å². The number of aliphatic hydroxyl groups is 1. The zero-order chi connectivity index (χ0) is 12.6. The van der Waals surface area contributed by atoms with Crippen LogP contribution in [0.25, 0.3) is 0 Å². The Balaban J connectivity index is 1.84. The maximum Gasteiger partial charge on any atom is 0.119 e. The van der Waals surface area contributed by atoms with E-state index in [0.717, 1.165) is 30.6 Å². The molecule has 2 aliphatic rings. The molecule has 0 aromatic heterocycles. The number of rotatable bonds is 4. The lowest BCUT2D eigenvalue weighted by Crippen LogP contribution is -2.41. The first-order valence-electron chi connectivity index (χ1n) is 6.84. The second-order valence-corrected chi connectivity index (χ2v) is 5.56. The summed E-state index contributed by atoms with van der Waals surface area (Å²) in [5.74, 6) is 0.883. The molecule has 2 aliphatic carbocycles. The lowest BCUT2D eigenvalue weighted by atomic mass is 9.79. The highest BCUT2D eigenvalue weighted by atomic mass is 16.5. The average molecular weight is 247 g/mol. The van der Waals surface area contributed by atoms with Crippen molar-refractivity contribution < 1.29 is 9.84 Å². The second kappa shape index (κ2) is 4.56. The van der Waals surface area contributed by atoms with E-state index in [2.05, 4.69) is 11.4 Å². The highest BCUT2D eigenvalue weighted by Gasteiger charge is 2.35. The number of ether oxygens (including phenoxy) is 1. The van der Waals surface area contributed by atoms with Crippen LogP contribution in [0, 0.1) is 0 Å². The van der Waals surface area contributed by atoms with Gasteiger partial charge < -0.3 is 15.2 Å². The smallest absolute Gasteiger partial charge is 0.119 e. The number of methoxy groups -OCH3 is 1. The molecule has 0 spiro atoms. The zero-order valence-corrected chi connectivity index (χ0v) is 10.9. The van der Waals surface area contributed by atoms with Crippen LogP contribution in [0.2, 0.25) is 0 Å². The van der Waals surface area contributed by atoms with Crippen molar-refractivity contribution in [1.82, 2.24) is 5.32 Å². The standard InChI is InChI=1S/C15H21NO2/c1-18-13-6-7-14-11(9-13)3-2-8-15(14,17)10-16-12-4-5-12/h6-7,9,12,16-17H,2-5,8,10H2,1H3. The lowest BCUT2D eigenvalue weighted by molar-refractivity contribution is 0.0188. The van der Waals surface area contributed by atoms with Gasteiger partial charge in [0.05, 0.1) is 7.11 Å². The van der Waals surface area contributed by atoms with Gasteiger partial charge in [0.25, 0.3) is 0 Å². The SMILES string of the molecule is COc1ccc2c(c1)CCCC2(O)CNC1CC1. The summed E-state index contributed by atoms with van der Waals surface area (Å²) < 4.78 is 5.26. The number of hydrogen-bond acceptors (Lipinski definition) is 3. The third-order valence-electron chi connectivity index (χ3n) is 4.11. The molecule has 1 unspecified atom stereocenters. The van der Waals surface area contributed by atoms with Crippen LogP contribution in [-0.2, 0) is 12.0 Å². The molecular formula is C15H21NO2. The summed E-state index contributed by atoms with van der Waals surface area (Å²) in [6.07, 6.45) is 5.45. The van der Waals surface area contributed by atoms with E-state index in [1.165, 1.54) is 18.4 Å². The van der Waals surface area contributed by atoms with Gasteiger partial charge in [0.2, 0.25) is 0 Å². The molecule has 3 rings (SSSR count). The number of aryl methyl sites for hydroxylation is 1. The molecule has 0 saturated heterocycles. The molecule has 18 heavy (non-hydrogen) atoms. The van der Waals surface area contributed by atoms with E-state index in [1.54, 1.807) is 7.11 Å². The Bertz CT molecular complexity index is 442. The molecule has 1 fully saturated rings. The molecule has 98 valence electrons. The van der Waals surface area contributed by atoms with Gasteiger partial charge in [-0.2, -0.15) is 0 Å². The number of nitrogens with one attached hydrogen (secondary N) is 1. The summed E-state index contributed by atoms with van der Waals surface area (Å²) in [6, 6.07) is 6.68. The van der Waals surface area contributed by atoms with E-state index in [4.69, 9.17) is 4.74 Å². The quantitative estimate of drug-likeness (QED) is 0.854. The summed E-state index contributed by atoms with van der Waals surface area (Å²) in [6.45, 7) is 0.678. The first-order chi connectivity index (χ1) is 8.71. The van der Waals surface area contributed by atoms with E-state index in [1.807, 2.05) is 12.1 Å². The van der Waals surface area contributed by atoms with E-state index >= 15 is 0 Å². The van der Waals surface area contributed by atoms with E-state index in [-0.39, 0.29) is 0 Å². The van der Waals surface area contributed by atoms with Gasteiger partial charge in [-0.25, -0.2) is 0 Å². The molecule has 2 N–H and O–H groups in total. The topological polar surface area (TPSA) is 41.5 Å². The van der Waals surface area contributed by atoms with Crippen LogP contribution in [0.1, 0.15) is 36.8 Å². The molecule has 0 bridgehead atoms. The van der Waals surface area contributed by atoms with Gasteiger partial charge in [-0.15, -0.1) is 0 Å². The molecule has 1 atom stereocenters. The van der Waals surface area contributed by atoms with Gasteiger partial charge in [0, 0.05) is 12.6 Å². The van der Waals surface area contributed by atoms with Crippen LogP contribution in [0.5, 0.6) is 5.75 Å². The van der Waals surface area contributed by atoms with Crippen LogP contribution < -0.4 is 10.1 Å². The minimum atomic E-state index is -0.692. The van der Waals surface area contributed by atoms with Crippen LogP contribution in [-0.4, -0.2) is 24.8 Å². The van der Waals surface area contributed by atoms with E-state index < -0.39 is 5.60 Å². The van der Waals surface area contributed by atoms with Gasteiger partial charge in [-0.05, 0) is 55.4 Å². The fourth-order valence-corrected chi connectivity index (χ4v) is 2.85. The minimum absolute atomic E-state index is 0.637. The molecular weight excluding hydrogens is 226 g/mol. The highest BCUT2D eigenvalue weighted by Crippen LogP contribution is 2.37. The Labute approximate surface area is 108 Å². The summed E-state index contributed by atoms with van der Waals surface area (Å²) >= 11 is 0. The Morgan fingerprint density at radius 1 is 1.44 bits per heavy atom. The largest absolute Gasteiger partial charge is 0.497 e. The number of benzene rings is 1. The van der Waals surface area contributed by atoms with Crippen LogP contribution >= 0.6 is 0 Å². The minimum Gasteiger partial charge on any atom is -0.497 e. The Morgan fingerprint density at radius 2 is 2.28 bits per heavy atom. The van der Waals surface area contributed by atoms with E-state index in [9.17, 15) is 5.11 Å². The molecule has 0 amide bonds. The molecule has 1 aromatic carbocycles. The third kappa shape index (κ3) is 2.25. The molecule has 1 aromatic rings. The third-order valence-corrected chi connectivity index (χ3v) is 4.11. The monoisotopic (exact) mass is 247 g/mol. The van der Waals surface area contributed by atoms with Crippen LogP contribution in [0.4, 0.5) is 0 Å². The van der Waals surface area contributed by atoms with Crippen molar-refractivity contribution in [2.45, 2.75) is 43.7 Å². The fraction of sp³-hybridized carbons (Fsp3) is 0.600. The van der Waals surface area contributed by atoms with Crippen LogP contribution in [0.15, 0.2) is 18.2 Å². The number of hydrogen-bond donors (Lipinski definition) is 2. The molecule has 3 heteroatoms. The second-order valence-electron chi connectivity index (χ2n) is 5.56. The van der Waals surface area contributed by atoms with Crippen molar-refractivity contribution in [3.05, 3.63) is 29.3 Å². The van der Waals surface area contributed by atoms with Gasteiger partial charge in [0.15, 0.2) is 0 Å². The van der Waals surface area contributed by atoms with Crippen LogP contribution in [0.3, 0.4) is 0 Å². The van der Waals surface area contributed by atoms with Gasteiger partial charge >= 0.3 is 0 Å². The van der Waals surface area contributed by atoms with E-state index in [0.29, 0.717) is 12.6 Å². The maximum atomic E-state index is 10.9. The highest BCUT2D eigenvalue weighted by molar-refractivity contribution is 5.41. The Morgan fingerprint density at radius 3 is 3.00 bits per heavy atom. The first kappa shape index (κ1) is 12.0. The predicted octanol–water partition coefficient (Wildman–Crippen LogP) is 1.97. The molecule has 0 radical (unpaired) electrons. The molecule has 1 saturated carbocycles.